The molecule has 6 heteroatoms. The van der Waals surface area contributed by atoms with Gasteiger partial charge in [0, 0.05) is 5.56 Å². The summed E-state index contributed by atoms with van der Waals surface area (Å²) in [5, 5.41) is 2.81. The summed E-state index contributed by atoms with van der Waals surface area (Å²) in [4.78, 5) is 36.8. The number of hydrogen-bond acceptors (Lipinski definition) is 4. The number of ether oxygens (including phenoxy) is 1. The number of amides is 1. The lowest BCUT2D eigenvalue weighted by Gasteiger charge is -2.17. The molecule has 2 aromatic rings. The van der Waals surface area contributed by atoms with Gasteiger partial charge in [-0.2, -0.15) is 0 Å². The van der Waals surface area contributed by atoms with E-state index in [1.807, 2.05) is 19.1 Å². The monoisotopic (exact) mass is 387 g/mol. The average molecular weight is 388 g/mol. The van der Waals surface area contributed by atoms with E-state index >= 15 is 0 Å². The summed E-state index contributed by atoms with van der Waals surface area (Å²) in [5.41, 5.74) is 1.85. The molecule has 0 radical (unpaired) electrons. The molecule has 0 saturated heterocycles. The van der Waals surface area contributed by atoms with Crippen LogP contribution in [0.3, 0.4) is 0 Å². The minimum absolute atomic E-state index is 0.263. The van der Waals surface area contributed by atoms with Crippen molar-refractivity contribution in [3.8, 4) is 0 Å². The maximum absolute atomic E-state index is 12.4. The van der Waals surface area contributed by atoms with Gasteiger partial charge in [-0.3, -0.25) is 9.59 Å². The van der Waals surface area contributed by atoms with E-state index < -0.39 is 24.0 Å². The molecule has 1 N–H and O–H groups in total. The number of esters is 1. The molecule has 2 atom stereocenters. The number of ketones is 1. The highest BCUT2D eigenvalue weighted by molar-refractivity contribution is 6.33. The lowest BCUT2D eigenvalue weighted by molar-refractivity contribution is -0.148. The summed E-state index contributed by atoms with van der Waals surface area (Å²) in [5.74, 6) is -1.48. The van der Waals surface area contributed by atoms with Crippen molar-refractivity contribution in [2.75, 3.05) is 0 Å². The normalized spacial score (nSPS) is 12.7. The van der Waals surface area contributed by atoms with Gasteiger partial charge in [0.05, 0.1) is 10.6 Å². The lowest BCUT2D eigenvalue weighted by Crippen LogP contribution is -2.41. The number of benzene rings is 2. The molecule has 142 valence electrons. The van der Waals surface area contributed by atoms with Crippen LogP contribution in [-0.4, -0.2) is 29.8 Å². The van der Waals surface area contributed by atoms with Crippen LogP contribution in [0.2, 0.25) is 5.02 Å². The Morgan fingerprint density at radius 3 is 2.26 bits per heavy atom. The van der Waals surface area contributed by atoms with E-state index in [-0.39, 0.29) is 16.4 Å². The lowest BCUT2D eigenvalue weighted by atomic mass is 10.0. The zero-order chi connectivity index (χ0) is 20.0. The molecule has 0 aliphatic rings. The van der Waals surface area contributed by atoms with E-state index in [4.69, 9.17) is 16.3 Å². The van der Waals surface area contributed by atoms with Crippen molar-refractivity contribution in [3.63, 3.8) is 0 Å². The van der Waals surface area contributed by atoms with Crippen molar-refractivity contribution in [3.05, 3.63) is 70.2 Å². The van der Waals surface area contributed by atoms with Crippen LogP contribution >= 0.6 is 11.6 Å². The Hall–Kier alpha value is -2.66. The molecule has 0 aromatic heterocycles. The van der Waals surface area contributed by atoms with Crippen molar-refractivity contribution >= 4 is 29.3 Å². The standard InChI is InChI=1S/C21H22ClNO4/c1-4-15-9-11-16(12-10-15)19(24)14(3)27-21(26)13(2)23-20(25)17-7-5-6-8-18(17)22/h5-14H,4H2,1-3H3,(H,23,25)/t13-,14?/m0/s1. The highest BCUT2D eigenvalue weighted by Crippen LogP contribution is 2.15. The molecule has 27 heavy (non-hydrogen) atoms. The van der Waals surface area contributed by atoms with Gasteiger partial charge in [0.25, 0.3) is 5.91 Å². The van der Waals surface area contributed by atoms with E-state index in [2.05, 4.69) is 5.32 Å². The second-order valence-corrected chi connectivity index (χ2v) is 6.58. The zero-order valence-corrected chi connectivity index (χ0v) is 16.2. The summed E-state index contributed by atoms with van der Waals surface area (Å²) in [6, 6.07) is 12.8. The first-order chi connectivity index (χ1) is 12.8. The maximum atomic E-state index is 12.4. The highest BCUT2D eigenvalue weighted by Gasteiger charge is 2.24. The van der Waals surface area contributed by atoms with Crippen LogP contribution in [-0.2, 0) is 16.0 Å². The Morgan fingerprint density at radius 2 is 1.67 bits per heavy atom. The van der Waals surface area contributed by atoms with Gasteiger partial charge < -0.3 is 10.1 Å². The number of halogens is 1. The molecule has 5 nitrogen and oxygen atoms in total. The Balaban J connectivity index is 1.95. The first-order valence-electron chi connectivity index (χ1n) is 8.72. The molecule has 2 aromatic carbocycles. The predicted molar refractivity (Wildman–Crippen MR) is 104 cm³/mol. The third-order valence-electron chi connectivity index (χ3n) is 4.13. The van der Waals surface area contributed by atoms with Crippen LogP contribution in [0, 0.1) is 0 Å². The van der Waals surface area contributed by atoms with E-state index in [0.717, 1.165) is 12.0 Å². The smallest absolute Gasteiger partial charge is 0.329 e. The number of hydrogen-bond donors (Lipinski definition) is 1. The van der Waals surface area contributed by atoms with E-state index in [0.29, 0.717) is 5.56 Å². The second kappa shape index (κ2) is 9.33. The third-order valence-corrected chi connectivity index (χ3v) is 4.46. The predicted octanol–water partition coefficient (Wildman–Crippen LogP) is 3.84. The van der Waals surface area contributed by atoms with E-state index in [9.17, 15) is 14.4 Å². The Bertz CT molecular complexity index is 832. The zero-order valence-electron chi connectivity index (χ0n) is 15.5. The molecule has 0 aliphatic carbocycles. The molecule has 2 rings (SSSR count). The molecule has 0 bridgehead atoms. The summed E-state index contributed by atoms with van der Waals surface area (Å²) in [6.45, 7) is 5.03. The molecule has 0 saturated carbocycles. The van der Waals surface area contributed by atoms with Gasteiger partial charge in [0.2, 0.25) is 5.78 Å². The molecule has 0 spiro atoms. The number of aryl methyl sites for hydroxylation is 1. The molecule has 0 aliphatic heterocycles. The van der Waals surface area contributed by atoms with Crippen molar-refractivity contribution in [1.82, 2.24) is 5.32 Å². The van der Waals surface area contributed by atoms with Gasteiger partial charge in [-0.05, 0) is 38.0 Å². The second-order valence-electron chi connectivity index (χ2n) is 6.17. The third kappa shape index (κ3) is 5.41. The van der Waals surface area contributed by atoms with Gasteiger partial charge in [-0.1, -0.05) is 54.9 Å². The largest absolute Gasteiger partial charge is 0.453 e. The van der Waals surface area contributed by atoms with Crippen LogP contribution in [0.1, 0.15) is 47.1 Å². The first kappa shape index (κ1) is 20.6. The fourth-order valence-corrected chi connectivity index (χ4v) is 2.67. The molecule has 1 amide bonds. The number of carbonyl (C=O) groups excluding carboxylic acids is 3. The summed E-state index contributed by atoms with van der Waals surface area (Å²) in [6.07, 6.45) is -0.0774. The fourth-order valence-electron chi connectivity index (χ4n) is 2.45. The highest BCUT2D eigenvalue weighted by atomic mass is 35.5. The summed E-state index contributed by atoms with van der Waals surface area (Å²) >= 11 is 5.98. The van der Waals surface area contributed by atoms with Crippen LogP contribution in [0.15, 0.2) is 48.5 Å². The van der Waals surface area contributed by atoms with Crippen LogP contribution in [0.4, 0.5) is 0 Å². The fraction of sp³-hybridized carbons (Fsp3) is 0.286. The summed E-state index contributed by atoms with van der Waals surface area (Å²) < 4.78 is 5.22. The average Bonchev–Trinajstić information content (AvgIpc) is 2.67. The molecule has 1 unspecified atom stereocenters. The topological polar surface area (TPSA) is 72.5 Å². The van der Waals surface area contributed by atoms with Gasteiger partial charge >= 0.3 is 5.97 Å². The van der Waals surface area contributed by atoms with Crippen LogP contribution in [0.5, 0.6) is 0 Å². The minimum atomic E-state index is -0.954. The Morgan fingerprint density at radius 1 is 1.04 bits per heavy atom. The van der Waals surface area contributed by atoms with Crippen LogP contribution in [0.25, 0.3) is 0 Å². The van der Waals surface area contributed by atoms with Gasteiger partial charge in [0.15, 0.2) is 6.10 Å². The number of Topliss-reactive ketones (excluding diaryl/α,β-unsaturated/α-hetero) is 1. The Labute approximate surface area is 163 Å². The van der Waals surface area contributed by atoms with Crippen LogP contribution < -0.4 is 5.32 Å². The van der Waals surface area contributed by atoms with Crippen molar-refractivity contribution in [1.29, 1.82) is 0 Å². The minimum Gasteiger partial charge on any atom is -0.453 e. The number of carbonyl (C=O) groups is 3. The molecular weight excluding hydrogens is 366 g/mol. The van der Waals surface area contributed by atoms with E-state index in [1.165, 1.54) is 13.8 Å². The molecule has 0 heterocycles. The summed E-state index contributed by atoms with van der Waals surface area (Å²) in [7, 11) is 0. The SMILES string of the molecule is CCc1ccc(C(=O)C(C)OC(=O)[C@H](C)NC(=O)c2ccccc2Cl)cc1. The van der Waals surface area contributed by atoms with Crippen molar-refractivity contribution in [2.45, 2.75) is 39.3 Å². The van der Waals surface area contributed by atoms with Gasteiger partial charge in [-0.25, -0.2) is 4.79 Å². The number of nitrogens with one attached hydrogen (secondary N) is 1. The van der Waals surface area contributed by atoms with Gasteiger partial charge in [-0.15, -0.1) is 0 Å². The molecule has 0 fully saturated rings. The Kier molecular flexibility index (Phi) is 7.13. The number of rotatable bonds is 7. The van der Waals surface area contributed by atoms with Gasteiger partial charge in [0.1, 0.15) is 6.04 Å². The molecular formula is C21H22ClNO4. The quantitative estimate of drug-likeness (QED) is 0.578. The maximum Gasteiger partial charge on any atom is 0.329 e. The van der Waals surface area contributed by atoms with Crippen molar-refractivity contribution < 1.29 is 19.1 Å². The van der Waals surface area contributed by atoms with E-state index in [1.54, 1.807) is 36.4 Å². The first-order valence-corrected chi connectivity index (χ1v) is 9.10. The van der Waals surface area contributed by atoms with Crippen molar-refractivity contribution in [2.24, 2.45) is 0 Å².